The molecule has 6 heteroatoms. The summed E-state index contributed by atoms with van der Waals surface area (Å²) in [5, 5.41) is 0.751. The first-order valence-corrected chi connectivity index (χ1v) is 9.63. The van der Waals surface area contributed by atoms with Gasteiger partial charge in [-0.3, -0.25) is 0 Å². The van der Waals surface area contributed by atoms with E-state index in [4.69, 9.17) is 18.6 Å². The second-order valence-corrected chi connectivity index (χ2v) is 7.14. The van der Waals surface area contributed by atoms with Gasteiger partial charge in [-0.15, -0.1) is 0 Å². The Morgan fingerprint density at radius 3 is 2.72 bits per heavy atom. The second-order valence-electron chi connectivity index (χ2n) is 7.14. The fourth-order valence-corrected chi connectivity index (χ4v) is 3.34. The predicted molar refractivity (Wildman–Crippen MR) is 107 cm³/mol. The molecule has 0 bridgehead atoms. The van der Waals surface area contributed by atoms with E-state index >= 15 is 0 Å². The van der Waals surface area contributed by atoms with E-state index in [2.05, 4.69) is 0 Å². The van der Waals surface area contributed by atoms with Crippen molar-refractivity contribution in [1.29, 1.82) is 0 Å². The van der Waals surface area contributed by atoms with Gasteiger partial charge in [0.05, 0.1) is 11.7 Å². The Morgan fingerprint density at radius 1 is 1.14 bits per heavy atom. The first-order chi connectivity index (χ1) is 14.1. The summed E-state index contributed by atoms with van der Waals surface area (Å²) in [6.07, 6.45) is 2.22. The van der Waals surface area contributed by atoms with Crippen LogP contribution in [0, 0.1) is 6.92 Å². The third-order valence-electron chi connectivity index (χ3n) is 4.89. The number of esters is 1. The fraction of sp³-hybridized carbons (Fsp3) is 0.304. The molecule has 4 rings (SSSR count). The molecule has 1 aliphatic heterocycles. The number of ether oxygens (including phenoxy) is 3. The highest BCUT2D eigenvalue weighted by Crippen LogP contribution is 2.20. The first-order valence-electron chi connectivity index (χ1n) is 9.63. The zero-order chi connectivity index (χ0) is 20.2. The zero-order valence-electron chi connectivity index (χ0n) is 16.2. The standard InChI is InChI=1S/C23H22O6/c1-15-4-9-20-17(12-22(24)29-21(20)11-15)13-28-23(25)16-5-7-18(8-6-16)27-14-19-3-2-10-26-19/h4-9,11-12,19H,2-3,10,13-14H2,1H3. The highest BCUT2D eigenvalue weighted by Gasteiger charge is 2.16. The Hall–Kier alpha value is -3.12. The molecule has 3 aromatic rings. The molecule has 150 valence electrons. The van der Waals surface area contributed by atoms with Crippen molar-refractivity contribution in [3.05, 3.63) is 75.6 Å². The van der Waals surface area contributed by atoms with Crippen molar-refractivity contribution < 1.29 is 23.4 Å². The Kier molecular flexibility index (Phi) is 5.62. The van der Waals surface area contributed by atoms with Gasteiger partial charge in [0.15, 0.2) is 0 Å². The molecule has 29 heavy (non-hydrogen) atoms. The highest BCUT2D eigenvalue weighted by atomic mass is 16.5. The summed E-state index contributed by atoms with van der Waals surface area (Å²) >= 11 is 0. The van der Waals surface area contributed by atoms with Gasteiger partial charge in [-0.25, -0.2) is 9.59 Å². The van der Waals surface area contributed by atoms with Gasteiger partial charge in [0.2, 0.25) is 0 Å². The molecule has 0 N–H and O–H groups in total. The molecule has 2 aromatic carbocycles. The van der Waals surface area contributed by atoms with E-state index in [9.17, 15) is 9.59 Å². The molecule has 1 unspecified atom stereocenters. The molecule has 0 spiro atoms. The lowest BCUT2D eigenvalue weighted by atomic mass is 10.1. The Morgan fingerprint density at radius 2 is 1.97 bits per heavy atom. The smallest absolute Gasteiger partial charge is 0.338 e. The van der Waals surface area contributed by atoms with Gasteiger partial charge in [-0.1, -0.05) is 12.1 Å². The van der Waals surface area contributed by atoms with Crippen LogP contribution in [-0.4, -0.2) is 25.3 Å². The summed E-state index contributed by atoms with van der Waals surface area (Å²) in [6, 6.07) is 13.7. The van der Waals surface area contributed by atoms with E-state index in [1.54, 1.807) is 30.3 Å². The van der Waals surface area contributed by atoms with Crippen LogP contribution in [0.2, 0.25) is 0 Å². The maximum Gasteiger partial charge on any atom is 0.338 e. The Bertz CT molecular complexity index is 1060. The number of carbonyl (C=O) groups excluding carboxylic acids is 1. The zero-order valence-corrected chi connectivity index (χ0v) is 16.2. The summed E-state index contributed by atoms with van der Waals surface area (Å²) in [4.78, 5) is 24.2. The molecule has 1 aromatic heterocycles. The third-order valence-corrected chi connectivity index (χ3v) is 4.89. The van der Waals surface area contributed by atoms with Crippen LogP contribution in [-0.2, 0) is 16.1 Å². The van der Waals surface area contributed by atoms with E-state index in [0.29, 0.717) is 29.1 Å². The average Bonchev–Trinajstić information content (AvgIpc) is 3.24. The van der Waals surface area contributed by atoms with Crippen molar-refractivity contribution in [1.82, 2.24) is 0 Å². The van der Waals surface area contributed by atoms with Crippen LogP contribution < -0.4 is 10.4 Å². The molecular weight excluding hydrogens is 372 g/mol. The molecule has 1 saturated heterocycles. The van der Waals surface area contributed by atoms with Crippen LogP contribution in [0.3, 0.4) is 0 Å². The lowest BCUT2D eigenvalue weighted by Crippen LogP contribution is -2.16. The van der Waals surface area contributed by atoms with Gasteiger partial charge in [0.25, 0.3) is 0 Å². The second kappa shape index (κ2) is 8.49. The third kappa shape index (κ3) is 4.66. The van der Waals surface area contributed by atoms with Gasteiger partial charge >= 0.3 is 11.6 Å². The summed E-state index contributed by atoms with van der Waals surface area (Å²) in [5.41, 5.74) is 2.02. The van der Waals surface area contributed by atoms with E-state index < -0.39 is 11.6 Å². The van der Waals surface area contributed by atoms with Crippen LogP contribution in [0.5, 0.6) is 5.75 Å². The quantitative estimate of drug-likeness (QED) is 0.464. The first kappa shape index (κ1) is 19.2. The summed E-state index contributed by atoms with van der Waals surface area (Å²) in [6.45, 7) is 3.20. The number of fused-ring (bicyclic) bond motifs is 1. The largest absolute Gasteiger partial charge is 0.491 e. The monoisotopic (exact) mass is 394 g/mol. The van der Waals surface area contributed by atoms with Gasteiger partial charge in [-0.05, 0) is 55.7 Å². The highest BCUT2D eigenvalue weighted by molar-refractivity contribution is 5.89. The molecule has 1 aliphatic rings. The van der Waals surface area contributed by atoms with Gasteiger partial charge < -0.3 is 18.6 Å². The van der Waals surface area contributed by atoms with E-state index in [1.165, 1.54) is 6.07 Å². The summed E-state index contributed by atoms with van der Waals surface area (Å²) in [7, 11) is 0. The number of aryl methyl sites for hydroxylation is 1. The Labute approximate surface area is 168 Å². The minimum Gasteiger partial charge on any atom is -0.491 e. The average molecular weight is 394 g/mol. The molecular formula is C23H22O6. The van der Waals surface area contributed by atoms with E-state index in [1.807, 2.05) is 19.1 Å². The maximum atomic E-state index is 12.4. The van der Waals surface area contributed by atoms with Gasteiger partial charge in [0, 0.05) is 23.6 Å². The van der Waals surface area contributed by atoms with Crippen LogP contribution in [0.4, 0.5) is 0 Å². The van der Waals surface area contributed by atoms with Crippen molar-refractivity contribution >= 4 is 16.9 Å². The van der Waals surface area contributed by atoms with Crippen LogP contribution in [0.15, 0.2) is 57.7 Å². The number of hydrogen-bond acceptors (Lipinski definition) is 6. The van der Waals surface area contributed by atoms with Crippen molar-refractivity contribution in [3.63, 3.8) is 0 Å². The van der Waals surface area contributed by atoms with E-state index in [0.717, 1.165) is 30.4 Å². The minimum absolute atomic E-state index is 0.0126. The lowest BCUT2D eigenvalue weighted by molar-refractivity contribution is 0.0473. The summed E-state index contributed by atoms with van der Waals surface area (Å²) in [5.74, 6) is 0.211. The van der Waals surface area contributed by atoms with Crippen LogP contribution >= 0.6 is 0 Å². The molecule has 0 amide bonds. The molecule has 0 saturated carbocycles. The topological polar surface area (TPSA) is 75.0 Å². The molecule has 6 nitrogen and oxygen atoms in total. The van der Waals surface area contributed by atoms with Crippen molar-refractivity contribution in [2.24, 2.45) is 0 Å². The normalized spacial score (nSPS) is 16.1. The number of benzene rings is 2. The van der Waals surface area contributed by atoms with Crippen molar-refractivity contribution in [2.75, 3.05) is 13.2 Å². The number of rotatable bonds is 6. The lowest BCUT2D eigenvalue weighted by Gasteiger charge is -2.12. The predicted octanol–water partition coefficient (Wildman–Crippen LogP) is 4.02. The Balaban J connectivity index is 1.39. The number of carbonyl (C=O) groups is 1. The van der Waals surface area contributed by atoms with Crippen molar-refractivity contribution in [3.8, 4) is 5.75 Å². The minimum atomic E-state index is -0.470. The molecule has 0 aliphatic carbocycles. The molecule has 2 heterocycles. The van der Waals surface area contributed by atoms with Gasteiger partial charge in [-0.2, -0.15) is 0 Å². The molecule has 1 fully saturated rings. The SMILES string of the molecule is Cc1ccc2c(COC(=O)c3ccc(OCC4CCCO4)cc3)cc(=O)oc2c1. The van der Waals surface area contributed by atoms with Crippen LogP contribution in [0.25, 0.3) is 11.0 Å². The maximum absolute atomic E-state index is 12.4. The van der Waals surface area contributed by atoms with Crippen molar-refractivity contribution in [2.45, 2.75) is 32.5 Å². The van der Waals surface area contributed by atoms with E-state index in [-0.39, 0.29) is 12.7 Å². The molecule has 0 radical (unpaired) electrons. The molecule has 1 atom stereocenters. The van der Waals surface area contributed by atoms with Crippen LogP contribution in [0.1, 0.15) is 34.3 Å². The fourth-order valence-electron chi connectivity index (χ4n) is 3.34. The number of hydrogen-bond donors (Lipinski definition) is 0. The van der Waals surface area contributed by atoms with Gasteiger partial charge in [0.1, 0.15) is 24.5 Å². The summed E-state index contributed by atoms with van der Waals surface area (Å²) < 4.78 is 21.9.